The number of carbonyl (C=O) groups excluding carboxylic acids is 2. The maximum atomic E-state index is 12.7. The minimum Gasteiger partial charge on any atom is -0.324 e. The van der Waals surface area contributed by atoms with Gasteiger partial charge in [-0.15, -0.1) is 11.8 Å². The molecule has 4 rings (SSSR count). The number of piperazine rings is 1. The highest BCUT2D eigenvalue weighted by molar-refractivity contribution is 8.01. The van der Waals surface area contributed by atoms with Crippen LogP contribution in [0.5, 0.6) is 0 Å². The predicted octanol–water partition coefficient (Wildman–Crippen LogP) is 3.28. The predicted molar refractivity (Wildman–Crippen MR) is 115 cm³/mol. The first-order valence-corrected chi connectivity index (χ1v) is 10.9. The molecule has 0 bridgehead atoms. The van der Waals surface area contributed by atoms with Gasteiger partial charge in [0.1, 0.15) is 0 Å². The smallest absolute Gasteiger partial charge is 0.255 e. The molecular weight excluding hydrogens is 392 g/mol. The van der Waals surface area contributed by atoms with E-state index in [1.807, 2.05) is 31.2 Å². The lowest BCUT2D eigenvalue weighted by molar-refractivity contribution is -0.115. The number of thioether (sulfide) groups is 1. The number of nitrogens with one attached hydrogen (secondary N) is 3. The van der Waals surface area contributed by atoms with Gasteiger partial charge < -0.3 is 16.0 Å². The number of rotatable bonds is 4. The average molecular weight is 415 g/mol. The van der Waals surface area contributed by atoms with E-state index >= 15 is 0 Å². The summed E-state index contributed by atoms with van der Waals surface area (Å²) in [6.07, 6.45) is 0. The van der Waals surface area contributed by atoms with E-state index in [0.29, 0.717) is 11.3 Å². The van der Waals surface area contributed by atoms with Crippen LogP contribution in [0.15, 0.2) is 52.3 Å². The van der Waals surface area contributed by atoms with Crippen LogP contribution in [-0.4, -0.2) is 47.5 Å². The van der Waals surface area contributed by atoms with Crippen molar-refractivity contribution in [3.8, 4) is 0 Å². The van der Waals surface area contributed by atoms with Gasteiger partial charge in [-0.3, -0.25) is 9.59 Å². The Hall–Kier alpha value is -2.00. The Morgan fingerprint density at radius 2 is 2.04 bits per heavy atom. The zero-order valence-corrected chi connectivity index (χ0v) is 17.2. The molecule has 0 spiro atoms. The van der Waals surface area contributed by atoms with Gasteiger partial charge in [0.2, 0.25) is 5.91 Å². The summed E-state index contributed by atoms with van der Waals surface area (Å²) in [6, 6.07) is 13.3. The van der Waals surface area contributed by atoms with Gasteiger partial charge in [0, 0.05) is 47.2 Å². The van der Waals surface area contributed by atoms with E-state index in [-0.39, 0.29) is 17.1 Å². The monoisotopic (exact) mass is 414 g/mol. The van der Waals surface area contributed by atoms with Crippen molar-refractivity contribution in [2.24, 2.45) is 0 Å². The van der Waals surface area contributed by atoms with Crippen molar-refractivity contribution >= 4 is 46.9 Å². The second-order valence-corrected chi connectivity index (χ2v) is 9.27. The Bertz CT molecular complexity index is 900. The van der Waals surface area contributed by atoms with Crippen molar-refractivity contribution in [3.63, 3.8) is 0 Å². The molecule has 8 heteroatoms. The van der Waals surface area contributed by atoms with Gasteiger partial charge >= 0.3 is 0 Å². The van der Waals surface area contributed by atoms with E-state index in [1.54, 1.807) is 24.1 Å². The summed E-state index contributed by atoms with van der Waals surface area (Å²) < 4.78 is 2.32. The van der Waals surface area contributed by atoms with Crippen molar-refractivity contribution in [1.82, 2.24) is 9.62 Å². The normalized spacial score (nSPS) is 19.6. The molecule has 2 aliphatic rings. The molecule has 1 atom stereocenters. The summed E-state index contributed by atoms with van der Waals surface area (Å²) in [7, 11) is 0. The molecule has 0 radical (unpaired) electrons. The average Bonchev–Trinajstić information content (AvgIpc) is 2.69. The number of amides is 2. The molecule has 3 N–H and O–H groups in total. The van der Waals surface area contributed by atoms with E-state index < -0.39 is 0 Å². The minimum atomic E-state index is -0.190. The number of nitrogens with zero attached hydrogens (tertiary/aromatic N) is 1. The number of hydrogen-bond donors (Lipinski definition) is 3. The second kappa shape index (κ2) is 8.57. The largest absolute Gasteiger partial charge is 0.324 e. The maximum Gasteiger partial charge on any atom is 0.255 e. The lowest BCUT2D eigenvalue weighted by Gasteiger charge is -2.26. The lowest BCUT2D eigenvalue weighted by atomic mass is 10.1. The second-order valence-electron chi connectivity index (χ2n) is 6.71. The molecule has 6 nitrogen and oxygen atoms in total. The Kier molecular flexibility index (Phi) is 5.91. The molecule has 146 valence electrons. The molecule has 2 aliphatic heterocycles. The van der Waals surface area contributed by atoms with Gasteiger partial charge in [0.05, 0.1) is 10.9 Å². The van der Waals surface area contributed by atoms with Crippen LogP contribution in [-0.2, 0) is 4.79 Å². The van der Waals surface area contributed by atoms with E-state index in [0.717, 1.165) is 41.7 Å². The van der Waals surface area contributed by atoms with E-state index in [9.17, 15) is 9.59 Å². The van der Waals surface area contributed by atoms with Crippen molar-refractivity contribution in [3.05, 3.63) is 48.0 Å². The summed E-state index contributed by atoms with van der Waals surface area (Å²) in [6.45, 7) is 5.86. The third-order valence-corrected chi connectivity index (χ3v) is 6.84. The fraction of sp³-hybridized carbons (Fsp3) is 0.300. The molecule has 2 aromatic rings. The van der Waals surface area contributed by atoms with Gasteiger partial charge in [0.25, 0.3) is 5.91 Å². The maximum absolute atomic E-state index is 12.7. The van der Waals surface area contributed by atoms with Crippen LogP contribution in [0.1, 0.15) is 17.3 Å². The van der Waals surface area contributed by atoms with Crippen LogP contribution in [0.2, 0.25) is 0 Å². The molecule has 28 heavy (non-hydrogen) atoms. The van der Waals surface area contributed by atoms with Crippen LogP contribution in [0, 0.1) is 0 Å². The first-order valence-electron chi connectivity index (χ1n) is 9.25. The van der Waals surface area contributed by atoms with Crippen molar-refractivity contribution in [2.45, 2.75) is 22.0 Å². The topological polar surface area (TPSA) is 73.5 Å². The minimum absolute atomic E-state index is 0.0345. The number of anilines is 2. The highest BCUT2D eigenvalue weighted by Gasteiger charge is 2.23. The molecule has 2 heterocycles. The zero-order chi connectivity index (χ0) is 19.5. The lowest BCUT2D eigenvalue weighted by Crippen LogP contribution is -2.39. The first kappa shape index (κ1) is 19.3. The van der Waals surface area contributed by atoms with Crippen LogP contribution >= 0.6 is 23.7 Å². The zero-order valence-electron chi connectivity index (χ0n) is 15.5. The van der Waals surface area contributed by atoms with Gasteiger partial charge in [-0.25, -0.2) is 4.31 Å². The Balaban J connectivity index is 1.44. The molecule has 2 aromatic carbocycles. The number of fused-ring (bicyclic) bond motifs is 1. The molecule has 0 unspecified atom stereocenters. The molecule has 1 saturated heterocycles. The van der Waals surface area contributed by atoms with Gasteiger partial charge in [0.15, 0.2) is 0 Å². The van der Waals surface area contributed by atoms with Crippen molar-refractivity contribution < 1.29 is 9.59 Å². The van der Waals surface area contributed by atoms with Crippen LogP contribution in [0.3, 0.4) is 0 Å². The quantitative estimate of drug-likeness (QED) is 0.667. The first-order chi connectivity index (χ1) is 13.6. The Labute approximate surface area is 173 Å². The summed E-state index contributed by atoms with van der Waals surface area (Å²) in [5.74, 6) is -0.224. The van der Waals surface area contributed by atoms with Crippen LogP contribution in [0.25, 0.3) is 0 Å². The molecular formula is C20H22N4O2S2. The number of carbonyl (C=O) groups is 2. The molecule has 0 saturated carbocycles. The summed E-state index contributed by atoms with van der Waals surface area (Å²) in [5, 5.41) is 9.05. The summed E-state index contributed by atoms with van der Waals surface area (Å²) >= 11 is 3.22. The molecule has 0 aromatic heterocycles. The van der Waals surface area contributed by atoms with Crippen LogP contribution in [0.4, 0.5) is 11.4 Å². The van der Waals surface area contributed by atoms with Gasteiger partial charge in [-0.05, 0) is 55.3 Å². The number of hydrogen-bond acceptors (Lipinski definition) is 6. The molecule has 2 amide bonds. The van der Waals surface area contributed by atoms with E-state index in [2.05, 4.69) is 26.3 Å². The highest BCUT2D eigenvalue weighted by atomic mass is 32.2. The molecule has 1 fully saturated rings. The Morgan fingerprint density at radius 3 is 2.86 bits per heavy atom. The van der Waals surface area contributed by atoms with Gasteiger partial charge in [-0.1, -0.05) is 6.07 Å². The van der Waals surface area contributed by atoms with Crippen LogP contribution < -0.4 is 16.0 Å². The van der Waals surface area contributed by atoms with E-state index in [1.165, 1.54) is 11.8 Å². The third kappa shape index (κ3) is 4.52. The van der Waals surface area contributed by atoms with Crippen molar-refractivity contribution in [1.29, 1.82) is 0 Å². The third-order valence-electron chi connectivity index (χ3n) is 4.57. The fourth-order valence-electron chi connectivity index (χ4n) is 3.07. The number of benzene rings is 2. The summed E-state index contributed by atoms with van der Waals surface area (Å²) in [5.41, 5.74) is 1.98. The van der Waals surface area contributed by atoms with Gasteiger partial charge in [-0.2, -0.15) is 0 Å². The standard InChI is InChI=1S/C20H22N4O2S2/c1-13-19(25)23-17-11-14(5-6-18(17)27-13)20(26)22-15-3-2-4-16(12-15)28-24-9-7-21-8-10-24/h2-6,11-13,21H,7-10H2,1H3,(H,22,26)(H,23,25)/t13-/m1/s1. The van der Waals surface area contributed by atoms with E-state index in [4.69, 9.17) is 0 Å². The SMILES string of the molecule is C[C@H]1Sc2ccc(C(=O)Nc3cccc(SN4CCNCC4)c3)cc2NC1=O. The Morgan fingerprint density at radius 1 is 1.21 bits per heavy atom. The highest BCUT2D eigenvalue weighted by Crippen LogP contribution is 2.36. The molecule has 0 aliphatic carbocycles. The fourth-order valence-corrected chi connectivity index (χ4v) is 4.98. The summed E-state index contributed by atoms with van der Waals surface area (Å²) in [4.78, 5) is 26.7. The van der Waals surface area contributed by atoms with Crippen molar-refractivity contribution in [2.75, 3.05) is 36.8 Å².